The third-order valence-electron chi connectivity index (χ3n) is 5.13. The normalized spacial score (nSPS) is 13.7. The molecule has 1 N–H and O–H groups in total. The van der Waals surface area contributed by atoms with E-state index in [0.717, 1.165) is 11.3 Å². The van der Waals surface area contributed by atoms with E-state index < -0.39 is 36.3 Å². The van der Waals surface area contributed by atoms with Crippen LogP contribution in [-0.4, -0.2) is 41.2 Å². The zero-order valence-electron chi connectivity index (χ0n) is 17.3. The van der Waals surface area contributed by atoms with Gasteiger partial charge in [-0.05, 0) is 43.2 Å². The van der Waals surface area contributed by atoms with E-state index in [2.05, 4.69) is 5.32 Å². The molecule has 3 rings (SSSR count). The van der Waals surface area contributed by atoms with Crippen molar-refractivity contribution in [2.24, 2.45) is 0 Å². The zero-order valence-corrected chi connectivity index (χ0v) is 18.1. The molecule has 1 aliphatic rings. The second-order valence-corrected chi connectivity index (χ2v) is 7.66. The Balaban J connectivity index is 1.69. The van der Waals surface area contributed by atoms with Crippen molar-refractivity contribution in [2.45, 2.75) is 39.2 Å². The monoisotopic (exact) mass is 442 g/mol. The maximum absolute atomic E-state index is 12.8. The summed E-state index contributed by atoms with van der Waals surface area (Å²) in [5, 5.41) is 3.14. The SMILES string of the molecule is CCCC[C@H](C(=O)OCC(=O)Nc1cccc(Cl)c1C)N1C(=O)c2ccccc2C1=O. The van der Waals surface area contributed by atoms with Crippen LogP contribution in [0, 0.1) is 6.92 Å². The van der Waals surface area contributed by atoms with Crippen LogP contribution < -0.4 is 5.32 Å². The Bertz CT molecular complexity index is 1000. The smallest absolute Gasteiger partial charge is 0.329 e. The minimum Gasteiger partial charge on any atom is -0.454 e. The lowest BCUT2D eigenvalue weighted by Gasteiger charge is -2.24. The number of benzene rings is 2. The topological polar surface area (TPSA) is 92.8 Å². The van der Waals surface area contributed by atoms with Crippen molar-refractivity contribution in [3.63, 3.8) is 0 Å². The van der Waals surface area contributed by atoms with E-state index in [-0.39, 0.29) is 17.5 Å². The van der Waals surface area contributed by atoms with Crippen molar-refractivity contribution in [3.05, 3.63) is 64.2 Å². The highest BCUT2D eigenvalue weighted by Gasteiger charge is 2.43. The molecule has 0 spiro atoms. The number of carbonyl (C=O) groups is 4. The highest BCUT2D eigenvalue weighted by molar-refractivity contribution is 6.31. The van der Waals surface area contributed by atoms with E-state index in [9.17, 15) is 19.2 Å². The zero-order chi connectivity index (χ0) is 22.5. The largest absolute Gasteiger partial charge is 0.454 e. The van der Waals surface area contributed by atoms with Crippen molar-refractivity contribution in [3.8, 4) is 0 Å². The van der Waals surface area contributed by atoms with Gasteiger partial charge in [0.15, 0.2) is 6.61 Å². The van der Waals surface area contributed by atoms with Gasteiger partial charge in [-0.25, -0.2) is 4.79 Å². The summed E-state index contributed by atoms with van der Waals surface area (Å²) in [6, 6.07) is 10.4. The highest BCUT2D eigenvalue weighted by Crippen LogP contribution is 2.27. The number of nitrogens with one attached hydrogen (secondary N) is 1. The quantitative estimate of drug-likeness (QED) is 0.493. The van der Waals surface area contributed by atoms with Crippen LogP contribution in [0.4, 0.5) is 5.69 Å². The number of halogens is 1. The van der Waals surface area contributed by atoms with Crippen molar-refractivity contribution in [1.29, 1.82) is 0 Å². The molecule has 0 saturated heterocycles. The number of anilines is 1. The van der Waals surface area contributed by atoms with Crippen LogP contribution in [-0.2, 0) is 14.3 Å². The van der Waals surface area contributed by atoms with Gasteiger partial charge < -0.3 is 10.1 Å². The predicted octanol–water partition coefficient (Wildman–Crippen LogP) is 3.99. The van der Waals surface area contributed by atoms with Crippen LogP contribution in [0.15, 0.2) is 42.5 Å². The van der Waals surface area contributed by atoms with E-state index in [4.69, 9.17) is 16.3 Å². The first-order chi connectivity index (χ1) is 14.8. The van der Waals surface area contributed by atoms with E-state index in [0.29, 0.717) is 22.7 Å². The molecule has 1 atom stereocenters. The van der Waals surface area contributed by atoms with Gasteiger partial charge in [0.05, 0.1) is 11.1 Å². The number of amides is 3. The molecular formula is C23H23ClN2O5. The van der Waals surface area contributed by atoms with Crippen LogP contribution in [0.1, 0.15) is 52.5 Å². The number of nitrogens with zero attached hydrogens (tertiary/aromatic N) is 1. The van der Waals surface area contributed by atoms with Crippen molar-refractivity contribution < 1.29 is 23.9 Å². The molecule has 0 aliphatic carbocycles. The third-order valence-corrected chi connectivity index (χ3v) is 5.54. The summed E-state index contributed by atoms with van der Waals surface area (Å²) in [6.45, 7) is 3.15. The number of hydrogen-bond acceptors (Lipinski definition) is 5. The van der Waals surface area contributed by atoms with Gasteiger partial charge in [0, 0.05) is 10.7 Å². The van der Waals surface area contributed by atoms with Gasteiger partial charge in [-0.15, -0.1) is 0 Å². The Kier molecular flexibility index (Phi) is 7.07. The molecule has 8 heteroatoms. The molecule has 0 saturated carbocycles. The fourth-order valence-electron chi connectivity index (χ4n) is 3.40. The Morgan fingerprint density at radius 3 is 2.32 bits per heavy atom. The highest BCUT2D eigenvalue weighted by atomic mass is 35.5. The van der Waals surface area contributed by atoms with E-state index in [1.807, 2.05) is 6.92 Å². The number of hydrogen-bond donors (Lipinski definition) is 1. The lowest BCUT2D eigenvalue weighted by molar-refractivity contribution is -0.151. The summed E-state index contributed by atoms with van der Waals surface area (Å²) in [5.74, 6) is -2.40. The Morgan fingerprint density at radius 2 is 1.71 bits per heavy atom. The average molecular weight is 443 g/mol. The molecule has 0 unspecified atom stereocenters. The lowest BCUT2D eigenvalue weighted by atomic mass is 10.1. The van der Waals surface area contributed by atoms with Crippen LogP contribution in [0.5, 0.6) is 0 Å². The van der Waals surface area contributed by atoms with Gasteiger partial charge in [0.25, 0.3) is 17.7 Å². The first-order valence-corrected chi connectivity index (χ1v) is 10.4. The van der Waals surface area contributed by atoms with Crippen LogP contribution in [0.2, 0.25) is 5.02 Å². The van der Waals surface area contributed by atoms with Gasteiger partial charge in [-0.1, -0.05) is 49.6 Å². The summed E-state index contributed by atoms with van der Waals surface area (Å²) < 4.78 is 5.18. The Labute approximate surface area is 185 Å². The number of esters is 1. The fraction of sp³-hybridized carbons (Fsp3) is 0.304. The molecule has 31 heavy (non-hydrogen) atoms. The molecule has 1 heterocycles. The molecule has 0 radical (unpaired) electrons. The predicted molar refractivity (Wildman–Crippen MR) is 116 cm³/mol. The van der Waals surface area contributed by atoms with Gasteiger partial charge >= 0.3 is 5.97 Å². The molecule has 1 aliphatic heterocycles. The number of fused-ring (bicyclic) bond motifs is 1. The number of ether oxygens (including phenoxy) is 1. The molecule has 2 aromatic rings. The van der Waals surface area contributed by atoms with Crippen LogP contribution in [0.3, 0.4) is 0 Å². The lowest BCUT2D eigenvalue weighted by Crippen LogP contribution is -2.46. The van der Waals surface area contributed by atoms with Crippen LogP contribution in [0.25, 0.3) is 0 Å². The van der Waals surface area contributed by atoms with Crippen molar-refractivity contribution in [1.82, 2.24) is 4.90 Å². The van der Waals surface area contributed by atoms with Gasteiger partial charge in [0.2, 0.25) is 0 Å². The first-order valence-electron chi connectivity index (χ1n) is 10.0. The maximum Gasteiger partial charge on any atom is 0.329 e. The minimum absolute atomic E-state index is 0.260. The van der Waals surface area contributed by atoms with Crippen molar-refractivity contribution in [2.75, 3.05) is 11.9 Å². The second-order valence-electron chi connectivity index (χ2n) is 7.25. The number of unbranched alkanes of at least 4 members (excludes halogenated alkanes) is 1. The minimum atomic E-state index is -1.09. The van der Waals surface area contributed by atoms with Gasteiger partial charge in [-0.3, -0.25) is 19.3 Å². The van der Waals surface area contributed by atoms with Crippen molar-refractivity contribution >= 4 is 41.0 Å². The van der Waals surface area contributed by atoms with Gasteiger partial charge in [0.1, 0.15) is 6.04 Å². The summed E-state index contributed by atoms with van der Waals surface area (Å²) in [4.78, 5) is 51.5. The Hall–Kier alpha value is -3.19. The summed E-state index contributed by atoms with van der Waals surface area (Å²) in [6.07, 6.45) is 1.64. The Morgan fingerprint density at radius 1 is 1.06 bits per heavy atom. The molecule has 162 valence electrons. The first kappa shape index (κ1) is 22.5. The molecule has 0 bridgehead atoms. The summed E-state index contributed by atoms with van der Waals surface area (Å²) >= 11 is 6.05. The van der Waals surface area contributed by atoms with E-state index in [1.54, 1.807) is 49.4 Å². The molecule has 2 aromatic carbocycles. The molecule has 3 amide bonds. The fourth-order valence-corrected chi connectivity index (χ4v) is 3.58. The van der Waals surface area contributed by atoms with E-state index >= 15 is 0 Å². The molecule has 7 nitrogen and oxygen atoms in total. The van der Waals surface area contributed by atoms with E-state index in [1.165, 1.54) is 0 Å². The molecule has 0 fully saturated rings. The second kappa shape index (κ2) is 9.75. The number of carbonyl (C=O) groups excluding carboxylic acids is 4. The molecular weight excluding hydrogens is 420 g/mol. The average Bonchev–Trinajstić information content (AvgIpc) is 3.01. The summed E-state index contributed by atoms with van der Waals surface area (Å²) in [5.41, 5.74) is 1.72. The maximum atomic E-state index is 12.8. The van der Waals surface area contributed by atoms with Gasteiger partial charge in [-0.2, -0.15) is 0 Å². The number of rotatable bonds is 8. The standard InChI is InChI=1S/C23H23ClN2O5/c1-3-4-12-19(26-21(28)15-8-5-6-9-16(15)22(26)29)23(30)31-13-20(27)25-18-11-7-10-17(24)14(18)2/h5-11,19H,3-4,12-13H2,1-2H3,(H,25,27)/t19-/m1/s1. The van der Waals surface area contributed by atoms with Crippen LogP contribution >= 0.6 is 11.6 Å². The number of imide groups is 1. The third kappa shape index (κ3) is 4.77. The molecule has 0 aromatic heterocycles. The summed E-state index contributed by atoms with van der Waals surface area (Å²) in [7, 11) is 0.